The molecule has 7 nitrogen and oxygen atoms in total. The predicted octanol–water partition coefficient (Wildman–Crippen LogP) is 3.97. The quantitative estimate of drug-likeness (QED) is 0.522. The molecule has 4 aromatic rings. The zero-order valence-corrected chi connectivity index (χ0v) is 16.3. The number of H-pyrrole nitrogens is 2. The van der Waals surface area contributed by atoms with Crippen molar-refractivity contribution in [2.45, 2.75) is 19.1 Å². The van der Waals surface area contributed by atoms with Crippen molar-refractivity contribution in [2.75, 3.05) is 20.2 Å². The van der Waals surface area contributed by atoms with Crippen LogP contribution in [-0.2, 0) is 11.3 Å². The van der Waals surface area contributed by atoms with Crippen LogP contribution >= 0.6 is 0 Å². The lowest BCUT2D eigenvalue weighted by molar-refractivity contribution is 0.107. The Morgan fingerprint density at radius 1 is 1.10 bits per heavy atom. The normalized spacial score (nSPS) is 17.2. The van der Waals surface area contributed by atoms with Gasteiger partial charge in [-0.1, -0.05) is 0 Å². The van der Waals surface area contributed by atoms with Crippen LogP contribution in [0.1, 0.15) is 12.2 Å². The number of rotatable bonds is 6. The molecule has 1 aliphatic heterocycles. The van der Waals surface area contributed by atoms with Crippen LogP contribution in [0.4, 0.5) is 0 Å². The minimum absolute atomic E-state index is 0.332. The van der Waals surface area contributed by atoms with Gasteiger partial charge < -0.3 is 14.5 Å². The maximum absolute atomic E-state index is 6.03. The van der Waals surface area contributed by atoms with Crippen LogP contribution in [0.15, 0.2) is 54.7 Å². The number of methoxy groups -OCH3 is 1. The third kappa shape index (κ3) is 3.87. The van der Waals surface area contributed by atoms with E-state index in [9.17, 15) is 0 Å². The Morgan fingerprint density at radius 3 is 2.72 bits per heavy atom. The van der Waals surface area contributed by atoms with Gasteiger partial charge in [-0.05, 0) is 54.4 Å². The number of benzene rings is 2. The Bertz CT molecular complexity index is 1090. The predicted molar refractivity (Wildman–Crippen MR) is 111 cm³/mol. The zero-order chi connectivity index (χ0) is 19.6. The highest BCUT2D eigenvalue weighted by molar-refractivity contribution is 5.77. The SMILES string of the molecule is CO[C@H]1CCN(Cc2nc3ccc(Oc4ccc(-c5ccn[nH]5)cc4)cc3[nH]2)C1. The molecule has 2 aromatic heterocycles. The van der Waals surface area contributed by atoms with Crippen LogP contribution in [0.25, 0.3) is 22.3 Å². The van der Waals surface area contributed by atoms with Gasteiger partial charge in [0.25, 0.3) is 0 Å². The number of nitrogens with zero attached hydrogens (tertiary/aromatic N) is 3. The lowest BCUT2D eigenvalue weighted by atomic mass is 10.1. The van der Waals surface area contributed by atoms with Gasteiger partial charge >= 0.3 is 0 Å². The van der Waals surface area contributed by atoms with E-state index in [0.29, 0.717) is 6.10 Å². The molecule has 1 fully saturated rings. The Hall–Kier alpha value is -3.16. The van der Waals surface area contributed by atoms with Gasteiger partial charge in [0.15, 0.2) is 0 Å². The molecule has 0 amide bonds. The van der Waals surface area contributed by atoms with Crippen molar-refractivity contribution >= 4 is 11.0 Å². The number of aromatic nitrogens is 4. The summed E-state index contributed by atoms with van der Waals surface area (Å²) in [7, 11) is 1.78. The molecule has 148 valence electrons. The van der Waals surface area contributed by atoms with Crippen LogP contribution < -0.4 is 4.74 Å². The van der Waals surface area contributed by atoms with Crippen molar-refractivity contribution in [1.29, 1.82) is 0 Å². The Morgan fingerprint density at radius 2 is 1.97 bits per heavy atom. The number of fused-ring (bicyclic) bond motifs is 1. The number of nitrogens with one attached hydrogen (secondary N) is 2. The first kappa shape index (κ1) is 17.9. The van der Waals surface area contributed by atoms with Crippen LogP contribution in [0.5, 0.6) is 11.5 Å². The van der Waals surface area contributed by atoms with Crippen LogP contribution in [0.3, 0.4) is 0 Å². The molecule has 0 spiro atoms. The summed E-state index contributed by atoms with van der Waals surface area (Å²) in [5.41, 5.74) is 3.98. The van der Waals surface area contributed by atoms with Gasteiger partial charge in [0, 0.05) is 32.5 Å². The standard InChI is InChI=1S/C22H23N5O2/c1-28-18-9-11-27(13-18)14-22-24-20-7-6-17(12-21(20)25-22)29-16-4-2-15(3-5-16)19-8-10-23-26-19/h2-8,10,12,18H,9,11,13-14H2,1H3,(H,23,26)(H,24,25)/t18-/m0/s1. The van der Waals surface area contributed by atoms with E-state index < -0.39 is 0 Å². The van der Waals surface area contributed by atoms with Crippen molar-refractivity contribution in [2.24, 2.45) is 0 Å². The molecule has 2 N–H and O–H groups in total. The second-order valence-electron chi connectivity index (χ2n) is 7.34. The van der Waals surface area contributed by atoms with E-state index in [1.54, 1.807) is 13.3 Å². The number of aromatic amines is 2. The molecule has 7 heteroatoms. The third-order valence-corrected chi connectivity index (χ3v) is 5.34. The summed E-state index contributed by atoms with van der Waals surface area (Å²) < 4.78 is 11.5. The van der Waals surface area contributed by atoms with Gasteiger partial charge in [-0.3, -0.25) is 10.00 Å². The maximum atomic E-state index is 6.03. The minimum Gasteiger partial charge on any atom is -0.457 e. The molecular formula is C22H23N5O2. The topological polar surface area (TPSA) is 79.1 Å². The zero-order valence-electron chi connectivity index (χ0n) is 16.3. The summed E-state index contributed by atoms with van der Waals surface area (Å²) in [6.45, 7) is 2.80. The summed E-state index contributed by atoms with van der Waals surface area (Å²) in [4.78, 5) is 10.5. The van der Waals surface area contributed by atoms with E-state index in [0.717, 1.165) is 65.7 Å². The average molecular weight is 389 g/mol. The first-order valence-corrected chi connectivity index (χ1v) is 9.78. The Kier molecular flexibility index (Phi) is 4.75. The lowest BCUT2D eigenvalue weighted by Gasteiger charge is -2.13. The second kappa shape index (κ2) is 7.69. The number of hydrogen-bond acceptors (Lipinski definition) is 5. The molecule has 0 unspecified atom stereocenters. The number of ether oxygens (including phenoxy) is 2. The van der Waals surface area contributed by atoms with Gasteiger partial charge in [-0.2, -0.15) is 5.10 Å². The van der Waals surface area contributed by atoms with Gasteiger partial charge in [0.1, 0.15) is 17.3 Å². The molecular weight excluding hydrogens is 366 g/mol. The van der Waals surface area contributed by atoms with E-state index in [1.807, 2.05) is 48.5 Å². The van der Waals surface area contributed by atoms with Crippen LogP contribution in [-0.4, -0.2) is 51.4 Å². The first-order valence-electron chi connectivity index (χ1n) is 9.78. The minimum atomic E-state index is 0.332. The molecule has 2 aromatic carbocycles. The monoisotopic (exact) mass is 389 g/mol. The third-order valence-electron chi connectivity index (χ3n) is 5.34. The van der Waals surface area contributed by atoms with E-state index >= 15 is 0 Å². The van der Waals surface area contributed by atoms with Crippen molar-refractivity contribution in [3.8, 4) is 22.8 Å². The van der Waals surface area contributed by atoms with E-state index in [2.05, 4.69) is 20.1 Å². The van der Waals surface area contributed by atoms with E-state index in [4.69, 9.17) is 14.5 Å². The molecule has 1 saturated heterocycles. The Labute approximate surface area is 168 Å². The summed E-state index contributed by atoms with van der Waals surface area (Å²) in [6.07, 6.45) is 3.15. The molecule has 0 radical (unpaired) electrons. The molecule has 1 atom stereocenters. The number of imidazole rings is 1. The summed E-state index contributed by atoms with van der Waals surface area (Å²) >= 11 is 0. The highest BCUT2D eigenvalue weighted by atomic mass is 16.5. The number of hydrogen-bond donors (Lipinski definition) is 2. The largest absolute Gasteiger partial charge is 0.457 e. The fraction of sp³-hybridized carbons (Fsp3) is 0.273. The molecule has 5 rings (SSSR count). The van der Waals surface area contributed by atoms with E-state index in [-0.39, 0.29) is 0 Å². The molecule has 3 heterocycles. The molecule has 1 aliphatic rings. The molecule has 0 saturated carbocycles. The molecule has 0 bridgehead atoms. The van der Waals surface area contributed by atoms with Crippen LogP contribution in [0.2, 0.25) is 0 Å². The van der Waals surface area contributed by atoms with Gasteiger partial charge in [-0.15, -0.1) is 0 Å². The molecule has 29 heavy (non-hydrogen) atoms. The second-order valence-corrected chi connectivity index (χ2v) is 7.34. The number of likely N-dealkylation sites (tertiary alicyclic amines) is 1. The summed E-state index contributed by atoms with van der Waals surface area (Å²) in [5, 5.41) is 6.95. The van der Waals surface area contributed by atoms with Crippen molar-refractivity contribution < 1.29 is 9.47 Å². The smallest absolute Gasteiger partial charge is 0.129 e. The fourth-order valence-electron chi connectivity index (χ4n) is 3.78. The lowest BCUT2D eigenvalue weighted by Crippen LogP contribution is -2.22. The van der Waals surface area contributed by atoms with Crippen molar-refractivity contribution in [3.05, 3.63) is 60.6 Å². The molecule has 0 aliphatic carbocycles. The highest BCUT2D eigenvalue weighted by Crippen LogP contribution is 2.27. The van der Waals surface area contributed by atoms with Gasteiger partial charge in [-0.25, -0.2) is 4.98 Å². The summed E-state index contributed by atoms with van der Waals surface area (Å²) in [5.74, 6) is 2.54. The van der Waals surface area contributed by atoms with Crippen molar-refractivity contribution in [1.82, 2.24) is 25.1 Å². The van der Waals surface area contributed by atoms with E-state index in [1.165, 1.54) is 0 Å². The van der Waals surface area contributed by atoms with Crippen molar-refractivity contribution in [3.63, 3.8) is 0 Å². The van der Waals surface area contributed by atoms with Crippen LogP contribution in [0, 0.1) is 0 Å². The van der Waals surface area contributed by atoms with Gasteiger partial charge in [0.2, 0.25) is 0 Å². The first-order chi connectivity index (χ1) is 14.3. The van der Waals surface area contributed by atoms with Gasteiger partial charge in [0.05, 0.1) is 29.4 Å². The Balaban J connectivity index is 1.28. The summed E-state index contributed by atoms with van der Waals surface area (Å²) in [6, 6.07) is 15.8. The highest BCUT2D eigenvalue weighted by Gasteiger charge is 2.22. The fourth-order valence-corrected chi connectivity index (χ4v) is 3.78. The average Bonchev–Trinajstić information content (AvgIpc) is 3.49. The maximum Gasteiger partial charge on any atom is 0.129 e.